The van der Waals surface area contributed by atoms with E-state index in [4.69, 9.17) is 4.42 Å². The largest absolute Gasteiger partial charge is 1.00 e. The van der Waals surface area contributed by atoms with E-state index in [1.165, 1.54) is 6.07 Å². The van der Waals surface area contributed by atoms with E-state index in [0.717, 1.165) is 17.8 Å². The SMILES string of the molecule is O=C(Cc1ccccc1)N/N=C/c1ccc(S(=O)(=O)[O-])o1.[Na+]. The molecular formula is C13H11N2NaO5S. The molecule has 0 aliphatic rings. The Balaban J connectivity index is 0.00000242. The third-order valence-electron chi connectivity index (χ3n) is 2.44. The molecule has 7 nitrogen and oxygen atoms in total. The number of hydrogen-bond donors (Lipinski definition) is 1. The summed E-state index contributed by atoms with van der Waals surface area (Å²) in [5, 5.41) is 2.92. The molecule has 0 radical (unpaired) electrons. The summed E-state index contributed by atoms with van der Waals surface area (Å²) >= 11 is 0. The molecule has 0 aliphatic heterocycles. The van der Waals surface area contributed by atoms with Gasteiger partial charge in [0.2, 0.25) is 11.0 Å². The summed E-state index contributed by atoms with van der Waals surface area (Å²) in [6.07, 6.45) is 1.27. The first kappa shape index (κ1) is 18.6. The Morgan fingerprint density at radius 2 is 1.91 bits per heavy atom. The molecule has 0 fully saturated rings. The van der Waals surface area contributed by atoms with Crippen LogP contribution in [0, 0.1) is 0 Å². The molecule has 1 aromatic carbocycles. The van der Waals surface area contributed by atoms with Crippen molar-refractivity contribution in [3.63, 3.8) is 0 Å². The van der Waals surface area contributed by atoms with Crippen molar-refractivity contribution in [3.8, 4) is 0 Å². The van der Waals surface area contributed by atoms with Gasteiger partial charge >= 0.3 is 29.6 Å². The summed E-state index contributed by atoms with van der Waals surface area (Å²) in [5.41, 5.74) is 3.11. The number of hydrogen-bond acceptors (Lipinski definition) is 6. The van der Waals surface area contributed by atoms with Crippen LogP contribution in [0.25, 0.3) is 0 Å². The van der Waals surface area contributed by atoms with Crippen LogP contribution in [0.4, 0.5) is 0 Å². The first-order valence-corrected chi connectivity index (χ1v) is 7.27. The number of furan rings is 1. The maximum absolute atomic E-state index is 11.6. The standard InChI is InChI=1S/C13H12N2O5S.Na/c16-12(8-10-4-2-1-3-5-10)15-14-9-11-6-7-13(20-11)21(17,18)19;/h1-7,9H,8H2,(H,15,16)(H,17,18,19);/q;+1/p-1/b14-9+;. The van der Waals surface area contributed by atoms with Gasteiger partial charge < -0.3 is 8.97 Å². The van der Waals surface area contributed by atoms with Crippen molar-refractivity contribution < 1.29 is 51.7 Å². The van der Waals surface area contributed by atoms with E-state index in [1.807, 2.05) is 18.2 Å². The third kappa shape index (κ3) is 5.74. The summed E-state index contributed by atoms with van der Waals surface area (Å²) in [7, 11) is -4.63. The van der Waals surface area contributed by atoms with Crippen molar-refractivity contribution >= 4 is 22.2 Å². The molecule has 22 heavy (non-hydrogen) atoms. The predicted octanol–water partition coefficient (Wildman–Crippen LogP) is -2.12. The number of hydrazone groups is 1. The van der Waals surface area contributed by atoms with Gasteiger partial charge in [-0.3, -0.25) is 4.79 Å². The molecule has 0 atom stereocenters. The quantitative estimate of drug-likeness (QED) is 0.292. The number of carbonyl (C=O) groups is 1. The number of nitrogens with one attached hydrogen (secondary N) is 1. The van der Waals surface area contributed by atoms with Crippen LogP contribution in [-0.2, 0) is 21.3 Å². The summed E-state index contributed by atoms with van der Waals surface area (Å²) in [5.74, 6) is -0.287. The van der Waals surface area contributed by atoms with Crippen molar-refractivity contribution in [2.24, 2.45) is 5.10 Å². The minimum Gasteiger partial charge on any atom is -0.742 e. The van der Waals surface area contributed by atoms with Gasteiger partial charge in [-0.15, -0.1) is 0 Å². The molecular weight excluding hydrogens is 319 g/mol. The van der Waals surface area contributed by atoms with Crippen molar-refractivity contribution in [2.75, 3.05) is 0 Å². The number of amides is 1. The first-order chi connectivity index (χ1) is 9.95. The average Bonchev–Trinajstić information content (AvgIpc) is 2.88. The van der Waals surface area contributed by atoms with Gasteiger partial charge in [0.15, 0.2) is 10.1 Å². The normalized spacial score (nSPS) is 11.1. The van der Waals surface area contributed by atoms with Crippen LogP contribution in [0.1, 0.15) is 11.3 Å². The molecule has 0 unspecified atom stereocenters. The van der Waals surface area contributed by atoms with Gasteiger partial charge in [-0.25, -0.2) is 13.8 Å². The Kier molecular flexibility index (Phi) is 6.98. The van der Waals surface area contributed by atoms with Gasteiger partial charge in [0.1, 0.15) is 5.76 Å². The van der Waals surface area contributed by atoms with E-state index in [1.54, 1.807) is 12.1 Å². The molecule has 0 bridgehead atoms. The number of nitrogens with zero attached hydrogens (tertiary/aromatic N) is 1. The fourth-order valence-corrected chi connectivity index (χ4v) is 1.96. The second-order valence-electron chi connectivity index (χ2n) is 4.07. The third-order valence-corrected chi connectivity index (χ3v) is 3.15. The molecule has 1 heterocycles. The van der Waals surface area contributed by atoms with Gasteiger partial charge in [0, 0.05) is 0 Å². The Labute approximate surface area is 149 Å². The molecule has 1 aromatic heterocycles. The second-order valence-corrected chi connectivity index (χ2v) is 5.38. The van der Waals surface area contributed by atoms with Gasteiger partial charge in [-0.2, -0.15) is 5.10 Å². The molecule has 0 spiro atoms. The number of benzene rings is 1. The van der Waals surface area contributed by atoms with Crippen LogP contribution in [-0.4, -0.2) is 25.1 Å². The second kappa shape index (κ2) is 8.25. The van der Waals surface area contributed by atoms with Crippen molar-refractivity contribution in [1.29, 1.82) is 0 Å². The summed E-state index contributed by atoms with van der Waals surface area (Å²) in [6.45, 7) is 0. The smallest absolute Gasteiger partial charge is 0.742 e. The van der Waals surface area contributed by atoms with Crippen LogP contribution in [0.3, 0.4) is 0 Å². The van der Waals surface area contributed by atoms with E-state index in [2.05, 4.69) is 10.5 Å². The maximum Gasteiger partial charge on any atom is 1.00 e. The van der Waals surface area contributed by atoms with Crippen LogP contribution in [0.5, 0.6) is 0 Å². The Morgan fingerprint density at radius 1 is 1.23 bits per heavy atom. The summed E-state index contributed by atoms with van der Waals surface area (Å²) in [6, 6.07) is 11.4. The molecule has 0 saturated heterocycles. The van der Waals surface area contributed by atoms with E-state index < -0.39 is 15.2 Å². The zero-order chi connectivity index (χ0) is 15.3. The molecule has 2 rings (SSSR count). The van der Waals surface area contributed by atoms with Crippen LogP contribution in [0.2, 0.25) is 0 Å². The van der Waals surface area contributed by atoms with E-state index in [0.29, 0.717) is 0 Å². The van der Waals surface area contributed by atoms with Crippen LogP contribution < -0.4 is 35.0 Å². The maximum atomic E-state index is 11.6. The fourth-order valence-electron chi connectivity index (χ4n) is 1.53. The van der Waals surface area contributed by atoms with E-state index >= 15 is 0 Å². The Morgan fingerprint density at radius 3 is 2.50 bits per heavy atom. The molecule has 1 N–H and O–H groups in total. The van der Waals surface area contributed by atoms with Crippen molar-refractivity contribution in [3.05, 3.63) is 53.8 Å². The minimum absolute atomic E-state index is 0. The molecule has 9 heteroatoms. The van der Waals surface area contributed by atoms with E-state index in [-0.39, 0.29) is 47.6 Å². The monoisotopic (exact) mass is 330 g/mol. The minimum atomic E-state index is -4.63. The number of rotatable bonds is 5. The molecule has 2 aromatic rings. The predicted molar refractivity (Wildman–Crippen MR) is 72.6 cm³/mol. The van der Waals surface area contributed by atoms with Gasteiger partial charge in [-0.05, 0) is 17.7 Å². The zero-order valence-corrected chi connectivity index (χ0v) is 14.5. The van der Waals surface area contributed by atoms with Gasteiger partial charge in [0.25, 0.3) is 0 Å². The van der Waals surface area contributed by atoms with Gasteiger partial charge in [0.05, 0.1) is 12.6 Å². The van der Waals surface area contributed by atoms with Crippen molar-refractivity contribution in [2.45, 2.75) is 11.5 Å². The molecule has 0 saturated carbocycles. The topological polar surface area (TPSA) is 112 Å². The molecule has 110 valence electrons. The first-order valence-electron chi connectivity index (χ1n) is 5.87. The Bertz CT molecular complexity index is 756. The molecule has 1 amide bonds. The fraction of sp³-hybridized carbons (Fsp3) is 0.0769. The van der Waals surface area contributed by atoms with Gasteiger partial charge in [-0.1, -0.05) is 30.3 Å². The van der Waals surface area contributed by atoms with Crippen molar-refractivity contribution in [1.82, 2.24) is 5.43 Å². The zero-order valence-electron chi connectivity index (χ0n) is 11.7. The van der Waals surface area contributed by atoms with E-state index in [9.17, 15) is 17.8 Å². The Hall–Kier alpha value is -1.45. The van der Waals surface area contributed by atoms with Crippen LogP contribution in [0.15, 0.2) is 57.1 Å². The van der Waals surface area contributed by atoms with Crippen LogP contribution >= 0.6 is 0 Å². The summed E-state index contributed by atoms with van der Waals surface area (Å²) < 4.78 is 36.8. The summed E-state index contributed by atoms with van der Waals surface area (Å²) in [4.78, 5) is 11.6. The molecule has 0 aliphatic carbocycles. The average molecular weight is 330 g/mol. The number of carbonyl (C=O) groups excluding carboxylic acids is 1.